The first kappa shape index (κ1) is 15.6. The fourth-order valence-corrected chi connectivity index (χ4v) is 2.99. The van der Waals surface area contributed by atoms with Gasteiger partial charge in [-0.25, -0.2) is 4.39 Å². The van der Waals surface area contributed by atoms with Gasteiger partial charge in [0.05, 0.1) is 6.10 Å². The lowest BCUT2D eigenvalue weighted by atomic mass is 9.89. The van der Waals surface area contributed by atoms with Crippen LogP contribution in [0.25, 0.3) is 0 Å². The van der Waals surface area contributed by atoms with Gasteiger partial charge in [-0.2, -0.15) is 0 Å². The van der Waals surface area contributed by atoms with E-state index < -0.39 is 11.9 Å². The van der Waals surface area contributed by atoms with E-state index in [4.69, 9.17) is 5.73 Å². The quantitative estimate of drug-likeness (QED) is 0.807. The first-order valence-electron chi connectivity index (χ1n) is 6.12. The van der Waals surface area contributed by atoms with Gasteiger partial charge in [0.2, 0.25) is 0 Å². The number of nitrogens with two attached hydrogens (primary N) is 1. The summed E-state index contributed by atoms with van der Waals surface area (Å²) in [6.07, 6.45) is -1.00. The van der Waals surface area contributed by atoms with Crippen molar-refractivity contribution in [3.63, 3.8) is 0 Å². The average molecular weight is 403 g/mol. The van der Waals surface area contributed by atoms with Crippen LogP contribution in [0.3, 0.4) is 0 Å². The third kappa shape index (κ3) is 3.28. The second-order valence-electron chi connectivity index (χ2n) is 4.47. The molecule has 0 amide bonds. The first-order valence-corrected chi connectivity index (χ1v) is 7.70. The number of rotatable bonds is 4. The molecule has 0 aromatic heterocycles. The van der Waals surface area contributed by atoms with Crippen molar-refractivity contribution in [2.24, 2.45) is 5.73 Å². The van der Waals surface area contributed by atoms with Crippen molar-refractivity contribution < 1.29 is 9.50 Å². The zero-order valence-electron chi connectivity index (χ0n) is 10.6. The normalized spacial score (nSPS) is 14.1. The van der Waals surface area contributed by atoms with E-state index in [9.17, 15) is 9.50 Å². The number of aliphatic hydroxyl groups is 1. The number of benzene rings is 2. The molecular weight excluding hydrogens is 389 g/mol. The Morgan fingerprint density at radius 3 is 2.30 bits per heavy atom. The van der Waals surface area contributed by atoms with Crippen LogP contribution in [-0.4, -0.2) is 11.7 Å². The molecule has 0 aliphatic carbocycles. The molecule has 0 saturated heterocycles. The highest BCUT2D eigenvalue weighted by molar-refractivity contribution is 9.10. The summed E-state index contributed by atoms with van der Waals surface area (Å²) in [5.74, 6) is -0.807. The van der Waals surface area contributed by atoms with Gasteiger partial charge in [0.25, 0.3) is 0 Å². The van der Waals surface area contributed by atoms with E-state index in [1.165, 1.54) is 6.07 Å². The zero-order valence-corrected chi connectivity index (χ0v) is 13.7. The molecule has 2 rings (SSSR count). The Bertz CT molecular complexity index is 569. The second kappa shape index (κ2) is 6.80. The Hall–Kier alpha value is -0.750. The molecule has 2 unspecified atom stereocenters. The van der Waals surface area contributed by atoms with Gasteiger partial charge in [-0.15, -0.1) is 0 Å². The smallest absolute Gasteiger partial charge is 0.130 e. The Labute approximate surface area is 134 Å². The predicted octanol–water partition coefficient (Wildman–Crippen LogP) is 4.13. The summed E-state index contributed by atoms with van der Waals surface area (Å²) < 4.78 is 15.4. The molecule has 106 valence electrons. The van der Waals surface area contributed by atoms with Crippen LogP contribution in [0.1, 0.15) is 23.1 Å². The Morgan fingerprint density at radius 2 is 1.75 bits per heavy atom. The molecular formula is C15H14Br2FNO. The molecule has 20 heavy (non-hydrogen) atoms. The molecule has 0 bridgehead atoms. The monoisotopic (exact) mass is 401 g/mol. The van der Waals surface area contributed by atoms with E-state index >= 15 is 0 Å². The highest BCUT2D eigenvalue weighted by Gasteiger charge is 2.25. The lowest BCUT2D eigenvalue weighted by molar-refractivity contribution is 0.142. The van der Waals surface area contributed by atoms with Crippen molar-refractivity contribution in [2.45, 2.75) is 12.0 Å². The van der Waals surface area contributed by atoms with Crippen molar-refractivity contribution in [3.05, 3.63) is 68.4 Å². The van der Waals surface area contributed by atoms with Gasteiger partial charge in [-0.1, -0.05) is 50.1 Å². The minimum Gasteiger partial charge on any atom is -0.388 e. The molecule has 0 heterocycles. The van der Waals surface area contributed by atoms with Crippen LogP contribution in [0, 0.1) is 5.82 Å². The van der Waals surface area contributed by atoms with E-state index in [0.717, 1.165) is 10.0 Å². The van der Waals surface area contributed by atoms with Crippen LogP contribution in [0.5, 0.6) is 0 Å². The van der Waals surface area contributed by atoms with Crippen molar-refractivity contribution in [1.29, 1.82) is 0 Å². The topological polar surface area (TPSA) is 46.2 Å². The minimum absolute atomic E-state index is 0.226. The van der Waals surface area contributed by atoms with Gasteiger partial charge in [-0.3, -0.25) is 0 Å². The fourth-order valence-electron chi connectivity index (χ4n) is 2.15. The molecule has 2 aromatic rings. The maximum absolute atomic E-state index is 13.9. The van der Waals surface area contributed by atoms with E-state index in [1.54, 1.807) is 12.1 Å². The molecule has 5 heteroatoms. The van der Waals surface area contributed by atoms with Crippen LogP contribution in [0.4, 0.5) is 4.39 Å². The molecule has 0 fully saturated rings. The first-order chi connectivity index (χ1) is 9.54. The van der Waals surface area contributed by atoms with Gasteiger partial charge in [0.15, 0.2) is 0 Å². The van der Waals surface area contributed by atoms with Gasteiger partial charge in [0.1, 0.15) is 5.82 Å². The van der Waals surface area contributed by atoms with Gasteiger partial charge >= 0.3 is 0 Å². The molecule has 0 aliphatic rings. The van der Waals surface area contributed by atoms with Crippen LogP contribution < -0.4 is 5.73 Å². The number of hydrogen-bond donors (Lipinski definition) is 2. The summed E-state index contributed by atoms with van der Waals surface area (Å²) in [6.45, 7) is 0.226. The van der Waals surface area contributed by atoms with Crippen LogP contribution in [0.15, 0.2) is 51.4 Å². The molecule has 2 aromatic carbocycles. The summed E-state index contributed by atoms with van der Waals surface area (Å²) in [6, 6.07) is 12.1. The number of hydrogen-bond acceptors (Lipinski definition) is 2. The van der Waals surface area contributed by atoms with Crippen molar-refractivity contribution in [2.75, 3.05) is 6.54 Å². The van der Waals surface area contributed by atoms with Crippen LogP contribution in [0.2, 0.25) is 0 Å². The molecule has 0 aliphatic heterocycles. The van der Waals surface area contributed by atoms with Gasteiger partial charge in [-0.05, 0) is 29.8 Å². The predicted molar refractivity (Wildman–Crippen MR) is 85.0 cm³/mol. The second-order valence-corrected chi connectivity index (χ2v) is 6.24. The Morgan fingerprint density at radius 1 is 1.10 bits per heavy atom. The lowest BCUT2D eigenvalue weighted by Gasteiger charge is -2.23. The molecule has 0 spiro atoms. The van der Waals surface area contributed by atoms with Gasteiger partial charge < -0.3 is 10.8 Å². The minimum atomic E-state index is -1.00. The van der Waals surface area contributed by atoms with E-state index in [1.807, 2.05) is 24.3 Å². The van der Waals surface area contributed by atoms with E-state index in [-0.39, 0.29) is 18.0 Å². The van der Waals surface area contributed by atoms with E-state index in [2.05, 4.69) is 31.9 Å². The molecule has 3 N–H and O–H groups in total. The number of halogens is 3. The maximum Gasteiger partial charge on any atom is 0.130 e. The molecule has 2 nitrogen and oxygen atoms in total. The highest BCUT2D eigenvalue weighted by atomic mass is 79.9. The molecule has 2 atom stereocenters. The van der Waals surface area contributed by atoms with E-state index in [0.29, 0.717) is 4.47 Å². The summed E-state index contributed by atoms with van der Waals surface area (Å²) in [4.78, 5) is 0. The Balaban J connectivity index is 2.39. The molecule has 0 saturated carbocycles. The van der Waals surface area contributed by atoms with Crippen molar-refractivity contribution in [3.8, 4) is 0 Å². The third-order valence-electron chi connectivity index (χ3n) is 3.23. The Kier molecular flexibility index (Phi) is 5.32. The summed E-state index contributed by atoms with van der Waals surface area (Å²) in [5, 5.41) is 10.5. The maximum atomic E-state index is 13.9. The molecule has 0 radical (unpaired) electrons. The van der Waals surface area contributed by atoms with Crippen molar-refractivity contribution >= 4 is 31.9 Å². The number of aliphatic hydroxyl groups excluding tert-OH is 1. The largest absolute Gasteiger partial charge is 0.388 e. The zero-order chi connectivity index (χ0) is 14.7. The van der Waals surface area contributed by atoms with Crippen molar-refractivity contribution in [1.82, 2.24) is 0 Å². The average Bonchev–Trinajstić information content (AvgIpc) is 2.41. The standard InChI is InChI=1S/C15H14Br2FNO/c16-10-6-4-9(5-7-10)11(8-19)15(20)14-12(17)2-1-3-13(14)18/h1-7,11,15,20H,8,19H2. The summed E-state index contributed by atoms with van der Waals surface area (Å²) in [7, 11) is 0. The lowest BCUT2D eigenvalue weighted by Crippen LogP contribution is -2.21. The van der Waals surface area contributed by atoms with Crippen LogP contribution >= 0.6 is 31.9 Å². The van der Waals surface area contributed by atoms with Gasteiger partial charge in [0, 0.05) is 27.0 Å². The fraction of sp³-hybridized carbons (Fsp3) is 0.200. The summed E-state index contributed by atoms with van der Waals surface area (Å²) in [5.41, 5.74) is 6.89. The highest BCUT2D eigenvalue weighted by Crippen LogP contribution is 2.35. The SMILES string of the molecule is NCC(c1ccc(Br)cc1)C(O)c1c(F)cccc1Br. The van der Waals surface area contributed by atoms with Crippen LogP contribution in [-0.2, 0) is 0 Å². The third-order valence-corrected chi connectivity index (χ3v) is 4.45. The summed E-state index contributed by atoms with van der Waals surface area (Å²) >= 11 is 6.64.